The monoisotopic (exact) mass is 727 g/mol. The zero-order chi connectivity index (χ0) is 38.0. The largest absolute Gasteiger partial charge is 0.392 e. The van der Waals surface area contributed by atoms with Crippen LogP contribution in [0.2, 0.25) is 0 Å². The highest BCUT2D eigenvalue weighted by atomic mass is 16.5. The standard InChI is InChI=1S/C40H49N5O8/c1-28(2)39(40(51)42-25-37(49)43-33-15-11-29(27-46)12-16-33)44-36(48)19-21-52-23-24-53-22-20-41-35(47)17-18-38(50)45-26-32-9-4-3-7-30(32)13-14-31-8-5-6-10-34(31)45/h3-16,28,39,46H,17-27H2,1-2H3,(H,41,47)(H,42,51)(H,43,49)(H,44,48)/b14-13-/t39-/m0/s1. The minimum absolute atomic E-state index is 0.0296. The molecule has 0 bridgehead atoms. The average Bonchev–Trinajstić information content (AvgIpc) is 3.15. The van der Waals surface area contributed by atoms with Crippen LogP contribution in [-0.4, -0.2) is 80.2 Å². The third-order valence-electron chi connectivity index (χ3n) is 8.44. The number of anilines is 2. The Kier molecular flexibility index (Phi) is 16.2. The van der Waals surface area contributed by atoms with Gasteiger partial charge in [0.25, 0.3) is 0 Å². The summed E-state index contributed by atoms with van der Waals surface area (Å²) in [6.45, 7) is 4.76. The molecule has 3 aromatic rings. The lowest BCUT2D eigenvalue weighted by Gasteiger charge is -2.27. The number of fused-ring (bicyclic) bond motifs is 2. The predicted octanol–water partition coefficient (Wildman–Crippen LogP) is 3.41. The van der Waals surface area contributed by atoms with Gasteiger partial charge in [0.15, 0.2) is 0 Å². The number of nitrogens with one attached hydrogen (secondary N) is 4. The van der Waals surface area contributed by atoms with Crippen molar-refractivity contribution in [2.45, 2.75) is 52.3 Å². The highest BCUT2D eigenvalue weighted by molar-refractivity contribution is 5.98. The quantitative estimate of drug-likeness (QED) is 0.117. The Morgan fingerprint density at radius 3 is 2.15 bits per heavy atom. The molecule has 0 aliphatic carbocycles. The maximum atomic E-state index is 13.3. The summed E-state index contributed by atoms with van der Waals surface area (Å²) in [5.74, 6) is -1.87. The fourth-order valence-corrected chi connectivity index (χ4v) is 5.52. The van der Waals surface area contributed by atoms with Crippen LogP contribution in [0.25, 0.3) is 12.2 Å². The van der Waals surface area contributed by atoms with Crippen LogP contribution < -0.4 is 26.2 Å². The van der Waals surface area contributed by atoms with Crippen molar-refractivity contribution in [3.05, 3.63) is 95.1 Å². The number of rotatable bonds is 19. The van der Waals surface area contributed by atoms with Gasteiger partial charge in [-0.05, 0) is 46.4 Å². The Morgan fingerprint density at radius 1 is 0.736 bits per heavy atom. The number of hydrogen-bond acceptors (Lipinski definition) is 8. The van der Waals surface area contributed by atoms with Crippen molar-refractivity contribution < 1.29 is 38.6 Å². The summed E-state index contributed by atoms with van der Waals surface area (Å²) >= 11 is 0. The molecule has 0 unspecified atom stereocenters. The molecule has 1 aliphatic rings. The van der Waals surface area contributed by atoms with E-state index in [0.717, 1.165) is 22.4 Å². The number of amides is 5. The second-order valence-corrected chi connectivity index (χ2v) is 12.8. The van der Waals surface area contributed by atoms with Gasteiger partial charge in [-0.15, -0.1) is 0 Å². The SMILES string of the molecule is CC(C)[C@H](NC(=O)CCOCCOCCNC(=O)CCC(=O)N1Cc2ccccc2/C=C\c2ccccc21)C(=O)NCC(=O)Nc1ccc(CO)cc1. The summed E-state index contributed by atoms with van der Waals surface area (Å²) < 4.78 is 11.0. The Labute approximate surface area is 310 Å². The van der Waals surface area contributed by atoms with Crippen LogP contribution >= 0.6 is 0 Å². The smallest absolute Gasteiger partial charge is 0.243 e. The minimum atomic E-state index is -0.832. The molecule has 0 saturated carbocycles. The van der Waals surface area contributed by atoms with Crippen molar-refractivity contribution in [1.29, 1.82) is 0 Å². The molecule has 4 rings (SSSR count). The van der Waals surface area contributed by atoms with E-state index in [9.17, 15) is 24.0 Å². The van der Waals surface area contributed by atoms with E-state index in [1.807, 2.05) is 54.6 Å². The summed E-state index contributed by atoms with van der Waals surface area (Å²) in [6, 6.07) is 21.5. The van der Waals surface area contributed by atoms with Crippen molar-refractivity contribution in [3.8, 4) is 0 Å². The first kappa shape index (κ1) is 40.4. The summed E-state index contributed by atoms with van der Waals surface area (Å²) in [6.07, 6.45) is 4.21. The second-order valence-electron chi connectivity index (χ2n) is 12.8. The third kappa shape index (κ3) is 13.3. The highest BCUT2D eigenvalue weighted by Crippen LogP contribution is 2.29. The summed E-state index contributed by atoms with van der Waals surface area (Å²) in [7, 11) is 0. The Morgan fingerprint density at radius 2 is 1.42 bits per heavy atom. The third-order valence-corrected chi connectivity index (χ3v) is 8.44. The molecule has 5 N–H and O–H groups in total. The van der Waals surface area contributed by atoms with E-state index in [2.05, 4.69) is 27.3 Å². The molecule has 0 radical (unpaired) electrons. The zero-order valence-electron chi connectivity index (χ0n) is 30.3. The fourth-order valence-electron chi connectivity index (χ4n) is 5.52. The molecule has 1 atom stereocenters. The molecule has 1 heterocycles. The molecular weight excluding hydrogens is 678 g/mol. The van der Waals surface area contributed by atoms with Crippen LogP contribution in [0.1, 0.15) is 55.4 Å². The molecule has 53 heavy (non-hydrogen) atoms. The molecule has 13 nitrogen and oxygen atoms in total. The van der Waals surface area contributed by atoms with Crippen molar-refractivity contribution in [2.24, 2.45) is 5.92 Å². The van der Waals surface area contributed by atoms with Gasteiger partial charge >= 0.3 is 0 Å². The normalized spacial score (nSPS) is 13.1. The number of hydrogen-bond donors (Lipinski definition) is 5. The zero-order valence-corrected chi connectivity index (χ0v) is 30.3. The molecular formula is C40H49N5O8. The fraction of sp³-hybridized carbons (Fsp3) is 0.375. The van der Waals surface area contributed by atoms with Gasteiger partial charge in [0.05, 0.1) is 51.8 Å². The van der Waals surface area contributed by atoms with Gasteiger partial charge in [-0.25, -0.2) is 0 Å². The van der Waals surface area contributed by atoms with Crippen molar-refractivity contribution in [2.75, 3.05) is 49.7 Å². The molecule has 5 amide bonds. The first-order valence-electron chi connectivity index (χ1n) is 17.8. The number of aliphatic hydroxyl groups excluding tert-OH is 1. The van der Waals surface area contributed by atoms with Crippen molar-refractivity contribution in [3.63, 3.8) is 0 Å². The Hall–Kier alpha value is -5.37. The average molecular weight is 728 g/mol. The molecule has 13 heteroatoms. The lowest BCUT2D eigenvalue weighted by atomic mass is 10.0. The van der Waals surface area contributed by atoms with E-state index >= 15 is 0 Å². The molecule has 0 fully saturated rings. The van der Waals surface area contributed by atoms with E-state index in [1.165, 1.54) is 0 Å². The summed E-state index contributed by atoms with van der Waals surface area (Å²) in [4.78, 5) is 65.0. The second kappa shape index (κ2) is 21.2. The number of aliphatic hydroxyl groups is 1. The van der Waals surface area contributed by atoms with Gasteiger partial charge in [0.1, 0.15) is 6.04 Å². The van der Waals surface area contributed by atoms with Crippen LogP contribution in [0.5, 0.6) is 0 Å². The molecule has 1 aliphatic heterocycles. The maximum Gasteiger partial charge on any atom is 0.243 e. The maximum absolute atomic E-state index is 13.3. The van der Waals surface area contributed by atoms with E-state index in [4.69, 9.17) is 14.6 Å². The summed E-state index contributed by atoms with van der Waals surface area (Å²) in [5.41, 5.74) is 5.07. The van der Waals surface area contributed by atoms with Crippen LogP contribution in [0.3, 0.4) is 0 Å². The number of benzene rings is 3. The van der Waals surface area contributed by atoms with Crippen LogP contribution in [0.15, 0.2) is 72.8 Å². The Bertz CT molecular complexity index is 1730. The molecule has 3 aromatic carbocycles. The molecule has 0 aromatic heterocycles. The number of carbonyl (C=O) groups excluding carboxylic acids is 5. The summed E-state index contributed by atoms with van der Waals surface area (Å²) in [5, 5.41) is 19.8. The van der Waals surface area contributed by atoms with Crippen LogP contribution in [0.4, 0.5) is 11.4 Å². The van der Waals surface area contributed by atoms with Gasteiger partial charge in [0.2, 0.25) is 29.5 Å². The van der Waals surface area contributed by atoms with Gasteiger partial charge in [-0.2, -0.15) is 0 Å². The van der Waals surface area contributed by atoms with Gasteiger partial charge < -0.3 is 40.7 Å². The van der Waals surface area contributed by atoms with Gasteiger partial charge in [-0.1, -0.05) is 80.6 Å². The lowest BCUT2D eigenvalue weighted by Crippen LogP contribution is -2.51. The van der Waals surface area contributed by atoms with Crippen LogP contribution in [0, 0.1) is 5.92 Å². The van der Waals surface area contributed by atoms with Gasteiger partial charge in [0, 0.05) is 31.5 Å². The van der Waals surface area contributed by atoms with Crippen molar-refractivity contribution in [1.82, 2.24) is 16.0 Å². The number of carbonyl (C=O) groups is 5. The first-order valence-corrected chi connectivity index (χ1v) is 17.8. The number of nitrogens with zero attached hydrogens (tertiary/aromatic N) is 1. The molecule has 282 valence electrons. The van der Waals surface area contributed by atoms with Gasteiger partial charge in [-0.3, -0.25) is 24.0 Å². The van der Waals surface area contributed by atoms with Crippen LogP contribution in [-0.2, 0) is 46.6 Å². The van der Waals surface area contributed by atoms with E-state index in [1.54, 1.807) is 43.0 Å². The first-order chi connectivity index (χ1) is 25.6. The van der Waals surface area contributed by atoms with E-state index in [0.29, 0.717) is 17.8 Å². The lowest BCUT2D eigenvalue weighted by molar-refractivity contribution is -0.131. The minimum Gasteiger partial charge on any atom is -0.392 e. The van der Waals surface area contributed by atoms with E-state index < -0.39 is 17.9 Å². The van der Waals surface area contributed by atoms with Crippen molar-refractivity contribution >= 4 is 53.1 Å². The molecule has 0 spiro atoms. The van der Waals surface area contributed by atoms with E-state index in [-0.39, 0.29) is 89.0 Å². The Balaban J connectivity index is 1.05. The number of ether oxygens (including phenoxy) is 2. The topological polar surface area (TPSA) is 175 Å². The molecule has 0 saturated heterocycles. The predicted molar refractivity (Wildman–Crippen MR) is 202 cm³/mol. The number of para-hydroxylation sites is 1. The highest BCUT2D eigenvalue weighted by Gasteiger charge is 2.25.